The summed E-state index contributed by atoms with van der Waals surface area (Å²) in [5, 5.41) is 2.96. The van der Waals surface area contributed by atoms with Crippen molar-refractivity contribution in [2.24, 2.45) is 17.6 Å². The third-order valence-corrected chi connectivity index (χ3v) is 4.24. The fourth-order valence-electron chi connectivity index (χ4n) is 3.19. The first-order valence-corrected chi connectivity index (χ1v) is 7.04. The number of nitrogens with one attached hydrogen (secondary N) is 1. The molecule has 2 unspecified atom stereocenters. The number of carbonyl (C=O) groups is 1. The molecule has 0 aromatic carbocycles. The van der Waals surface area contributed by atoms with Gasteiger partial charge >= 0.3 is 6.03 Å². The second-order valence-electron chi connectivity index (χ2n) is 5.41. The smallest absolute Gasteiger partial charge is 0.317 e. The minimum Gasteiger partial charge on any atom is -0.338 e. The van der Waals surface area contributed by atoms with Gasteiger partial charge in [-0.05, 0) is 37.6 Å². The molecule has 0 bridgehead atoms. The highest BCUT2D eigenvalue weighted by Crippen LogP contribution is 2.35. The summed E-state index contributed by atoms with van der Waals surface area (Å²) in [5.74, 6) is 1.65. The number of urea groups is 1. The van der Waals surface area contributed by atoms with E-state index in [1.807, 2.05) is 4.90 Å². The molecule has 4 nitrogen and oxygen atoms in total. The van der Waals surface area contributed by atoms with E-state index in [0.29, 0.717) is 13.1 Å². The number of likely N-dealkylation sites (tertiary alicyclic amines) is 1. The molecule has 0 spiro atoms. The molecule has 1 saturated carbocycles. The summed E-state index contributed by atoms with van der Waals surface area (Å²) in [6.45, 7) is 3.26. The van der Waals surface area contributed by atoms with Crippen molar-refractivity contribution in [3.63, 3.8) is 0 Å². The van der Waals surface area contributed by atoms with Crippen LogP contribution in [0.25, 0.3) is 0 Å². The number of carbonyl (C=O) groups excluding carboxylic acids is 1. The Morgan fingerprint density at radius 3 is 2.76 bits per heavy atom. The molecule has 2 fully saturated rings. The van der Waals surface area contributed by atoms with Gasteiger partial charge in [0.1, 0.15) is 0 Å². The Kier molecular flexibility index (Phi) is 4.66. The number of fused-ring (bicyclic) bond motifs is 1. The lowest BCUT2D eigenvalue weighted by atomic mass is 9.75. The molecular weight excluding hydrogens is 214 g/mol. The molecule has 1 heterocycles. The summed E-state index contributed by atoms with van der Waals surface area (Å²) in [5.41, 5.74) is 5.42. The van der Waals surface area contributed by atoms with Crippen molar-refractivity contribution in [1.29, 1.82) is 0 Å². The summed E-state index contributed by atoms with van der Waals surface area (Å²) in [7, 11) is 0. The molecule has 1 saturated heterocycles. The second-order valence-corrected chi connectivity index (χ2v) is 5.41. The minimum atomic E-state index is 0.113. The van der Waals surface area contributed by atoms with E-state index in [-0.39, 0.29) is 6.03 Å². The van der Waals surface area contributed by atoms with E-state index >= 15 is 0 Å². The van der Waals surface area contributed by atoms with Crippen molar-refractivity contribution in [2.45, 2.75) is 38.5 Å². The number of nitrogens with zero attached hydrogens (tertiary/aromatic N) is 1. The average Bonchev–Trinajstić information content (AvgIpc) is 2.38. The summed E-state index contributed by atoms with van der Waals surface area (Å²) in [6.07, 6.45) is 7.51. The van der Waals surface area contributed by atoms with Crippen LogP contribution in [-0.4, -0.2) is 37.1 Å². The summed E-state index contributed by atoms with van der Waals surface area (Å²) in [4.78, 5) is 13.9. The molecule has 4 heteroatoms. The highest BCUT2D eigenvalue weighted by atomic mass is 16.2. The molecular formula is C13H25N3O. The minimum absolute atomic E-state index is 0.113. The Morgan fingerprint density at radius 2 is 2.00 bits per heavy atom. The van der Waals surface area contributed by atoms with Gasteiger partial charge in [-0.1, -0.05) is 19.3 Å². The first-order valence-electron chi connectivity index (χ1n) is 7.04. The van der Waals surface area contributed by atoms with Crippen LogP contribution < -0.4 is 11.1 Å². The number of amides is 2. The van der Waals surface area contributed by atoms with Gasteiger partial charge in [-0.3, -0.25) is 0 Å². The zero-order valence-corrected chi connectivity index (χ0v) is 10.7. The molecule has 2 amide bonds. The van der Waals surface area contributed by atoms with Gasteiger partial charge in [-0.25, -0.2) is 4.79 Å². The third-order valence-electron chi connectivity index (χ3n) is 4.24. The van der Waals surface area contributed by atoms with Crippen molar-refractivity contribution >= 4 is 6.03 Å². The summed E-state index contributed by atoms with van der Waals surface area (Å²) in [6, 6.07) is 0.113. The molecule has 1 aliphatic carbocycles. The standard InChI is InChI=1S/C13H25N3O/c14-7-3-8-15-13(17)16-9-6-11-4-1-2-5-12(11)10-16/h11-12H,1-10,14H2,(H,15,17). The highest BCUT2D eigenvalue weighted by molar-refractivity contribution is 5.74. The van der Waals surface area contributed by atoms with Crippen LogP contribution in [0.5, 0.6) is 0 Å². The average molecular weight is 239 g/mol. The van der Waals surface area contributed by atoms with E-state index in [9.17, 15) is 4.79 Å². The van der Waals surface area contributed by atoms with Crippen LogP contribution in [0.3, 0.4) is 0 Å². The normalized spacial score (nSPS) is 28.6. The molecule has 2 rings (SSSR count). The fraction of sp³-hybridized carbons (Fsp3) is 0.923. The van der Waals surface area contributed by atoms with Crippen LogP contribution in [0.2, 0.25) is 0 Å². The van der Waals surface area contributed by atoms with Gasteiger partial charge in [-0.2, -0.15) is 0 Å². The molecule has 0 radical (unpaired) electrons. The zero-order valence-electron chi connectivity index (χ0n) is 10.7. The number of hydrogen-bond donors (Lipinski definition) is 2. The van der Waals surface area contributed by atoms with Crippen LogP contribution in [0.15, 0.2) is 0 Å². The number of hydrogen-bond acceptors (Lipinski definition) is 2. The van der Waals surface area contributed by atoms with Gasteiger partial charge < -0.3 is 16.0 Å². The SMILES string of the molecule is NCCCNC(=O)N1CCC2CCCCC2C1. The number of rotatable bonds is 3. The van der Waals surface area contributed by atoms with Gasteiger partial charge in [0, 0.05) is 19.6 Å². The van der Waals surface area contributed by atoms with Crippen LogP contribution in [0.1, 0.15) is 38.5 Å². The van der Waals surface area contributed by atoms with Gasteiger partial charge in [0.15, 0.2) is 0 Å². The lowest BCUT2D eigenvalue weighted by Crippen LogP contribution is -2.49. The Bertz CT molecular complexity index is 257. The summed E-state index contributed by atoms with van der Waals surface area (Å²) >= 11 is 0. The quantitative estimate of drug-likeness (QED) is 0.734. The molecule has 3 N–H and O–H groups in total. The summed E-state index contributed by atoms with van der Waals surface area (Å²) < 4.78 is 0. The number of nitrogens with two attached hydrogens (primary N) is 1. The molecule has 17 heavy (non-hydrogen) atoms. The van der Waals surface area contributed by atoms with Crippen LogP contribution in [-0.2, 0) is 0 Å². The predicted molar refractivity (Wildman–Crippen MR) is 68.7 cm³/mol. The predicted octanol–water partition coefficient (Wildman–Crippen LogP) is 1.56. The van der Waals surface area contributed by atoms with Gasteiger partial charge in [-0.15, -0.1) is 0 Å². The van der Waals surface area contributed by atoms with Crippen molar-refractivity contribution < 1.29 is 4.79 Å². The lowest BCUT2D eigenvalue weighted by molar-refractivity contribution is 0.102. The fourth-order valence-corrected chi connectivity index (χ4v) is 3.19. The molecule has 98 valence electrons. The zero-order chi connectivity index (χ0) is 12.1. The van der Waals surface area contributed by atoms with E-state index < -0.39 is 0 Å². The van der Waals surface area contributed by atoms with Crippen molar-refractivity contribution in [3.8, 4) is 0 Å². The Labute approximate surface area is 104 Å². The van der Waals surface area contributed by atoms with E-state index in [1.165, 1.54) is 32.1 Å². The monoisotopic (exact) mass is 239 g/mol. The third kappa shape index (κ3) is 3.35. The van der Waals surface area contributed by atoms with Crippen LogP contribution >= 0.6 is 0 Å². The van der Waals surface area contributed by atoms with E-state index in [4.69, 9.17) is 5.73 Å². The number of piperidine rings is 1. The van der Waals surface area contributed by atoms with Gasteiger partial charge in [0.05, 0.1) is 0 Å². The lowest BCUT2D eigenvalue weighted by Gasteiger charge is -2.41. The Hall–Kier alpha value is -0.770. The topological polar surface area (TPSA) is 58.4 Å². The van der Waals surface area contributed by atoms with Crippen LogP contribution in [0, 0.1) is 11.8 Å². The maximum atomic E-state index is 11.9. The Morgan fingerprint density at radius 1 is 1.24 bits per heavy atom. The van der Waals surface area contributed by atoms with Gasteiger partial charge in [0.25, 0.3) is 0 Å². The maximum Gasteiger partial charge on any atom is 0.317 e. The van der Waals surface area contributed by atoms with E-state index in [1.54, 1.807) is 0 Å². The van der Waals surface area contributed by atoms with Crippen molar-refractivity contribution in [1.82, 2.24) is 10.2 Å². The van der Waals surface area contributed by atoms with E-state index in [2.05, 4.69) is 5.32 Å². The van der Waals surface area contributed by atoms with E-state index in [0.717, 1.165) is 31.3 Å². The van der Waals surface area contributed by atoms with Crippen molar-refractivity contribution in [2.75, 3.05) is 26.2 Å². The van der Waals surface area contributed by atoms with Crippen LogP contribution in [0.4, 0.5) is 4.79 Å². The first-order chi connectivity index (χ1) is 8.31. The Balaban J connectivity index is 1.76. The maximum absolute atomic E-state index is 11.9. The largest absolute Gasteiger partial charge is 0.338 e. The molecule has 2 aliphatic rings. The van der Waals surface area contributed by atoms with Gasteiger partial charge in [0.2, 0.25) is 0 Å². The molecule has 2 atom stereocenters. The van der Waals surface area contributed by atoms with Crippen molar-refractivity contribution in [3.05, 3.63) is 0 Å². The molecule has 0 aromatic rings. The first kappa shape index (κ1) is 12.7. The molecule has 0 aromatic heterocycles. The highest BCUT2D eigenvalue weighted by Gasteiger charge is 2.32. The second kappa shape index (κ2) is 6.24. The molecule has 1 aliphatic heterocycles.